The summed E-state index contributed by atoms with van der Waals surface area (Å²) in [4.78, 5) is 1.46. The van der Waals surface area contributed by atoms with Crippen molar-refractivity contribution in [3.63, 3.8) is 0 Å². The number of nitriles is 1. The zero-order chi connectivity index (χ0) is 15.2. The Morgan fingerprint density at radius 2 is 1.70 bits per heavy atom. The molecule has 1 saturated carbocycles. The lowest BCUT2D eigenvalue weighted by Gasteiger charge is -2.26. The summed E-state index contributed by atoms with van der Waals surface area (Å²) in [6, 6.07) is 9.14. The molecule has 1 aromatic rings. The summed E-state index contributed by atoms with van der Waals surface area (Å²) in [7, 11) is 0. The van der Waals surface area contributed by atoms with Gasteiger partial charge in [0.25, 0.3) is 0 Å². The smallest absolute Gasteiger partial charge is 0.0462 e. The van der Waals surface area contributed by atoms with Crippen LogP contribution in [0.1, 0.15) is 58.9 Å². The number of thioether (sulfide) groups is 1. The van der Waals surface area contributed by atoms with Crippen molar-refractivity contribution in [2.75, 3.05) is 0 Å². The van der Waals surface area contributed by atoms with Gasteiger partial charge < -0.3 is 0 Å². The maximum atomic E-state index is 6.50. The summed E-state index contributed by atoms with van der Waals surface area (Å²) in [5, 5.41) is 7.34. The van der Waals surface area contributed by atoms with E-state index in [-0.39, 0.29) is 5.41 Å². The van der Waals surface area contributed by atoms with Crippen molar-refractivity contribution in [2.45, 2.75) is 68.9 Å². The number of benzene rings is 1. The van der Waals surface area contributed by atoms with Crippen LogP contribution in [0.4, 0.5) is 0 Å². The minimum Gasteiger partial charge on any atom is -0.202 e. The fourth-order valence-electron chi connectivity index (χ4n) is 2.58. The standard InChI is InChI=1S/C17H26S.CHN/c1-13-8-10-15(11-9-13)18-16-7-5-6-14(12-16)17(2,3)4;1-2/h5-7,12-13,15H,8-11H2,1-4H3;1H. The summed E-state index contributed by atoms with van der Waals surface area (Å²) >= 11 is 2.10. The van der Waals surface area contributed by atoms with Crippen LogP contribution in [0.25, 0.3) is 0 Å². The lowest BCUT2D eigenvalue weighted by atomic mass is 9.87. The summed E-state index contributed by atoms with van der Waals surface area (Å²) in [6.45, 7) is 12.8. The highest BCUT2D eigenvalue weighted by atomic mass is 32.2. The molecule has 0 unspecified atom stereocenters. The third kappa shape index (κ3) is 5.21. The zero-order valence-corrected chi connectivity index (χ0v) is 14.0. The van der Waals surface area contributed by atoms with E-state index in [1.807, 2.05) is 0 Å². The SMILES string of the molecule is C#N.CC1CCC(Sc2cccc(C(C)(C)C)c2)CC1. The average molecular weight is 289 g/mol. The first kappa shape index (κ1) is 17.1. The Hall–Kier alpha value is -0.940. The topological polar surface area (TPSA) is 23.8 Å². The molecule has 1 fully saturated rings. The molecule has 0 bridgehead atoms. The van der Waals surface area contributed by atoms with Crippen molar-refractivity contribution in [3.05, 3.63) is 29.8 Å². The summed E-state index contributed by atoms with van der Waals surface area (Å²) < 4.78 is 0. The fourth-order valence-corrected chi connectivity index (χ4v) is 3.82. The maximum Gasteiger partial charge on any atom is 0.0462 e. The van der Waals surface area contributed by atoms with Gasteiger partial charge in [0.15, 0.2) is 0 Å². The first-order valence-corrected chi connectivity index (χ1v) is 8.36. The summed E-state index contributed by atoms with van der Waals surface area (Å²) in [5.41, 5.74) is 1.72. The van der Waals surface area contributed by atoms with Crippen LogP contribution in [0.15, 0.2) is 29.2 Å². The first-order chi connectivity index (χ1) is 9.45. The van der Waals surface area contributed by atoms with Gasteiger partial charge in [0.2, 0.25) is 0 Å². The molecular weight excluding hydrogens is 262 g/mol. The van der Waals surface area contributed by atoms with E-state index >= 15 is 0 Å². The third-order valence-corrected chi connectivity index (χ3v) is 5.30. The highest BCUT2D eigenvalue weighted by Crippen LogP contribution is 2.36. The van der Waals surface area contributed by atoms with Crippen molar-refractivity contribution in [1.82, 2.24) is 0 Å². The van der Waals surface area contributed by atoms with Gasteiger partial charge in [-0.05, 0) is 54.7 Å². The molecule has 0 heterocycles. The van der Waals surface area contributed by atoms with E-state index in [0.717, 1.165) is 11.2 Å². The van der Waals surface area contributed by atoms with Gasteiger partial charge in [-0.3, -0.25) is 0 Å². The number of hydrogen-bond acceptors (Lipinski definition) is 2. The van der Waals surface area contributed by atoms with Crippen molar-refractivity contribution in [1.29, 1.82) is 5.26 Å². The monoisotopic (exact) mass is 289 g/mol. The second kappa shape index (κ2) is 7.74. The van der Waals surface area contributed by atoms with Crippen LogP contribution < -0.4 is 0 Å². The van der Waals surface area contributed by atoms with Gasteiger partial charge in [0, 0.05) is 16.7 Å². The molecule has 0 aliphatic heterocycles. The molecule has 1 aliphatic carbocycles. The van der Waals surface area contributed by atoms with Crippen molar-refractivity contribution < 1.29 is 0 Å². The van der Waals surface area contributed by atoms with Crippen LogP contribution >= 0.6 is 11.8 Å². The molecule has 110 valence electrons. The number of hydrogen-bond donors (Lipinski definition) is 0. The third-order valence-electron chi connectivity index (χ3n) is 3.97. The predicted molar refractivity (Wildman–Crippen MR) is 89.1 cm³/mol. The zero-order valence-electron chi connectivity index (χ0n) is 13.2. The molecule has 0 atom stereocenters. The Balaban J connectivity index is 0.000000956. The molecule has 2 heteroatoms. The molecular formula is C18H27NS. The molecule has 0 amide bonds. The molecule has 0 radical (unpaired) electrons. The van der Waals surface area contributed by atoms with Crippen LogP contribution in [-0.4, -0.2) is 5.25 Å². The van der Waals surface area contributed by atoms with Gasteiger partial charge in [0.1, 0.15) is 0 Å². The molecule has 0 spiro atoms. The lowest BCUT2D eigenvalue weighted by Crippen LogP contribution is -2.14. The Bertz CT molecular complexity index is 423. The van der Waals surface area contributed by atoms with Gasteiger partial charge >= 0.3 is 0 Å². The van der Waals surface area contributed by atoms with Crippen LogP contribution in [0.2, 0.25) is 0 Å². The first-order valence-electron chi connectivity index (χ1n) is 7.48. The van der Waals surface area contributed by atoms with E-state index in [9.17, 15) is 0 Å². The number of rotatable bonds is 2. The Labute approximate surface area is 128 Å². The molecule has 0 N–H and O–H groups in total. The molecule has 20 heavy (non-hydrogen) atoms. The Kier molecular flexibility index (Phi) is 6.62. The van der Waals surface area contributed by atoms with Crippen molar-refractivity contribution in [3.8, 4) is 6.57 Å². The van der Waals surface area contributed by atoms with E-state index in [1.165, 1.54) is 36.1 Å². The van der Waals surface area contributed by atoms with Crippen molar-refractivity contribution >= 4 is 11.8 Å². The fraction of sp³-hybridized carbons (Fsp3) is 0.611. The minimum atomic E-state index is 0.262. The highest BCUT2D eigenvalue weighted by molar-refractivity contribution is 8.00. The molecule has 0 saturated heterocycles. The maximum absolute atomic E-state index is 6.50. The van der Waals surface area contributed by atoms with Crippen LogP contribution in [-0.2, 0) is 5.41 Å². The Morgan fingerprint density at radius 1 is 1.10 bits per heavy atom. The van der Waals surface area contributed by atoms with E-state index < -0.39 is 0 Å². The van der Waals surface area contributed by atoms with Gasteiger partial charge in [0.05, 0.1) is 0 Å². The molecule has 1 aromatic carbocycles. The minimum absolute atomic E-state index is 0.262. The summed E-state index contributed by atoms with van der Waals surface area (Å²) in [6.07, 6.45) is 5.62. The van der Waals surface area contributed by atoms with E-state index in [1.54, 1.807) is 0 Å². The Morgan fingerprint density at radius 3 is 2.25 bits per heavy atom. The van der Waals surface area contributed by atoms with Gasteiger partial charge in [-0.15, -0.1) is 11.8 Å². The number of nitrogens with zero attached hydrogens (tertiary/aromatic N) is 1. The predicted octanol–water partition coefficient (Wildman–Crippen LogP) is 5.79. The summed E-state index contributed by atoms with van der Waals surface area (Å²) in [5.74, 6) is 0.947. The van der Waals surface area contributed by atoms with Crippen LogP contribution in [0, 0.1) is 17.8 Å². The molecule has 1 nitrogen and oxygen atoms in total. The van der Waals surface area contributed by atoms with E-state index in [0.29, 0.717) is 0 Å². The van der Waals surface area contributed by atoms with Crippen LogP contribution in [0.3, 0.4) is 0 Å². The normalized spacial score (nSPS) is 22.7. The van der Waals surface area contributed by atoms with E-state index in [4.69, 9.17) is 5.26 Å². The molecule has 2 rings (SSSR count). The van der Waals surface area contributed by atoms with Crippen molar-refractivity contribution in [2.24, 2.45) is 5.92 Å². The second-order valence-corrected chi connectivity index (χ2v) is 8.15. The largest absolute Gasteiger partial charge is 0.202 e. The quantitative estimate of drug-likeness (QED) is 0.687. The highest BCUT2D eigenvalue weighted by Gasteiger charge is 2.20. The molecule has 1 aliphatic rings. The van der Waals surface area contributed by atoms with Crippen LogP contribution in [0.5, 0.6) is 0 Å². The van der Waals surface area contributed by atoms with Gasteiger partial charge in [-0.2, -0.15) is 0 Å². The second-order valence-electron chi connectivity index (χ2n) is 6.78. The van der Waals surface area contributed by atoms with Gasteiger partial charge in [-0.25, -0.2) is 5.26 Å². The van der Waals surface area contributed by atoms with E-state index in [2.05, 4.69) is 70.3 Å². The van der Waals surface area contributed by atoms with Gasteiger partial charge in [-0.1, -0.05) is 39.8 Å². The molecule has 0 aromatic heterocycles. The lowest BCUT2D eigenvalue weighted by molar-refractivity contribution is 0.393. The average Bonchev–Trinajstić information content (AvgIpc) is 2.43.